The number of aromatic nitrogens is 2. The lowest BCUT2D eigenvalue weighted by atomic mass is 10.1. The van der Waals surface area contributed by atoms with Crippen LogP contribution in [0.1, 0.15) is 16.7 Å². The third-order valence-electron chi connectivity index (χ3n) is 2.46. The largest absolute Gasteiger partial charge is 0.424 e. The second-order valence-corrected chi connectivity index (χ2v) is 4.63. The summed E-state index contributed by atoms with van der Waals surface area (Å²) in [5.74, 6) is 1.06. The van der Waals surface area contributed by atoms with Crippen molar-refractivity contribution in [3.8, 4) is 11.8 Å². The molecule has 0 fully saturated rings. The Hall–Kier alpha value is -1.32. The van der Waals surface area contributed by atoms with Crippen molar-refractivity contribution in [3.63, 3.8) is 0 Å². The van der Waals surface area contributed by atoms with Crippen molar-refractivity contribution in [2.75, 3.05) is 0 Å². The molecule has 94 valence electrons. The van der Waals surface area contributed by atoms with Gasteiger partial charge in [-0.2, -0.15) is 0 Å². The Kier molecular flexibility index (Phi) is 4.04. The second kappa shape index (κ2) is 5.55. The molecule has 5 heteroatoms. The Morgan fingerprint density at radius 1 is 1.11 bits per heavy atom. The first-order valence-corrected chi connectivity index (χ1v) is 6.33. The zero-order valence-electron chi connectivity index (χ0n) is 10.1. The number of hydrogen-bond acceptors (Lipinski definition) is 3. The van der Waals surface area contributed by atoms with Gasteiger partial charge in [-0.25, -0.2) is 9.97 Å². The Labute approximate surface area is 116 Å². The van der Waals surface area contributed by atoms with Gasteiger partial charge in [0.15, 0.2) is 0 Å². The fraction of sp³-hybridized carbons (Fsp3) is 0.231. The van der Waals surface area contributed by atoms with Crippen LogP contribution in [0.5, 0.6) is 11.8 Å². The summed E-state index contributed by atoms with van der Waals surface area (Å²) in [5, 5.41) is 0.751. The molecular weight excluding hydrogens is 271 g/mol. The molecule has 0 spiro atoms. The maximum Gasteiger partial charge on any atom is 0.321 e. The monoisotopic (exact) mass is 282 g/mol. The van der Waals surface area contributed by atoms with Crippen molar-refractivity contribution < 1.29 is 4.74 Å². The smallest absolute Gasteiger partial charge is 0.321 e. The first-order chi connectivity index (χ1) is 8.60. The minimum absolute atomic E-state index is 0.296. The molecule has 2 aromatic rings. The molecule has 0 N–H and O–H groups in total. The Morgan fingerprint density at radius 2 is 1.67 bits per heavy atom. The fourth-order valence-electron chi connectivity index (χ4n) is 1.54. The average Bonchev–Trinajstić information content (AvgIpc) is 2.37. The highest BCUT2D eigenvalue weighted by atomic mass is 35.5. The maximum atomic E-state index is 6.09. The molecule has 0 aliphatic heterocycles. The summed E-state index contributed by atoms with van der Waals surface area (Å²) in [4.78, 5) is 8.15. The predicted octanol–water partition coefficient (Wildman–Crippen LogP) is 4.28. The van der Waals surface area contributed by atoms with Crippen LogP contribution in [0.4, 0.5) is 0 Å². The molecule has 3 nitrogen and oxygen atoms in total. The van der Waals surface area contributed by atoms with Crippen LogP contribution in [0.2, 0.25) is 5.02 Å². The predicted molar refractivity (Wildman–Crippen MR) is 72.6 cm³/mol. The van der Waals surface area contributed by atoms with E-state index in [0.29, 0.717) is 17.6 Å². The van der Waals surface area contributed by atoms with Crippen LogP contribution < -0.4 is 4.74 Å². The molecule has 1 aromatic carbocycles. The lowest BCUT2D eigenvalue weighted by molar-refractivity contribution is 0.440. The van der Waals surface area contributed by atoms with Gasteiger partial charge in [-0.3, -0.25) is 0 Å². The number of hydrogen-bond donors (Lipinski definition) is 0. The molecule has 0 amide bonds. The normalized spacial score (nSPS) is 10.4. The van der Waals surface area contributed by atoms with E-state index in [-0.39, 0.29) is 0 Å². The topological polar surface area (TPSA) is 35.0 Å². The van der Waals surface area contributed by atoms with Gasteiger partial charge in [0.2, 0.25) is 0 Å². The van der Waals surface area contributed by atoms with Gasteiger partial charge in [0.25, 0.3) is 0 Å². The van der Waals surface area contributed by atoms with Gasteiger partial charge in [-0.1, -0.05) is 11.6 Å². The van der Waals surface area contributed by atoms with Gasteiger partial charge in [-0.05, 0) is 37.1 Å². The summed E-state index contributed by atoms with van der Waals surface area (Å²) in [6.07, 6.45) is 3.29. The molecule has 0 atom stereocenters. The lowest BCUT2D eigenvalue weighted by Gasteiger charge is -2.08. The van der Waals surface area contributed by atoms with Crippen molar-refractivity contribution in [2.24, 2.45) is 0 Å². The Bertz CT molecular complexity index is 532. The first-order valence-electron chi connectivity index (χ1n) is 5.41. The molecule has 0 unspecified atom stereocenters. The summed E-state index contributed by atoms with van der Waals surface area (Å²) >= 11 is 11.8. The number of halogens is 2. The van der Waals surface area contributed by atoms with E-state index in [1.54, 1.807) is 12.4 Å². The van der Waals surface area contributed by atoms with Crippen LogP contribution in [0.3, 0.4) is 0 Å². The molecule has 18 heavy (non-hydrogen) atoms. The third-order valence-corrected chi connectivity index (χ3v) is 3.36. The molecule has 2 rings (SSSR count). The molecule has 1 heterocycles. The third kappa shape index (κ3) is 2.92. The summed E-state index contributed by atoms with van der Waals surface area (Å²) in [5.41, 5.74) is 2.78. The van der Waals surface area contributed by atoms with E-state index in [9.17, 15) is 0 Å². The number of rotatable bonds is 3. The van der Waals surface area contributed by atoms with E-state index in [1.807, 2.05) is 26.0 Å². The van der Waals surface area contributed by atoms with Crippen LogP contribution >= 0.6 is 23.2 Å². The number of ether oxygens (including phenoxy) is 1. The number of alkyl halides is 1. The summed E-state index contributed by atoms with van der Waals surface area (Å²) in [6, 6.07) is 4.01. The van der Waals surface area contributed by atoms with E-state index in [1.165, 1.54) is 0 Å². The molecule has 0 saturated heterocycles. The van der Waals surface area contributed by atoms with Crippen molar-refractivity contribution in [1.29, 1.82) is 0 Å². The lowest BCUT2D eigenvalue weighted by Crippen LogP contribution is -1.94. The zero-order chi connectivity index (χ0) is 13.1. The fourth-order valence-corrected chi connectivity index (χ4v) is 1.78. The van der Waals surface area contributed by atoms with Gasteiger partial charge in [0, 0.05) is 23.0 Å². The zero-order valence-corrected chi connectivity index (χ0v) is 11.6. The minimum atomic E-state index is 0.296. The Balaban J connectivity index is 2.23. The molecule has 0 saturated carbocycles. The quantitative estimate of drug-likeness (QED) is 0.789. The highest BCUT2D eigenvalue weighted by molar-refractivity contribution is 6.32. The van der Waals surface area contributed by atoms with Crippen LogP contribution in [-0.2, 0) is 5.88 Å². The van der Waals surface area contributed by atoms with E-state index >= 15 is 0 Å². The molecule has 0 radical (unpaired) electrons. The van der Waals surface area contributed by atoms with Gasteiger partial charge < -0.3 is 4.74 Å². The molecule has 1 aromatic heterocycles. The van der Waals surface area contributed by atoms with Gasteiger partial charge in [-0.15, -0.1) is 11.6 Å². The summed E-state index contributed by atoms with van der Waals surface area (Å²) in [6.45, 7) is 3.86. The summed E-state index contributed by atoms with van der Waals surface area (Å²) < 4.78 is 5.57. The summed E-state index contributed by atoms with van der Waals surface area (Å²) in [7, 11) is 0. The van der Waals surface area contributed by atoms with E-state index in [0.717, 1.165) is 21.7 Å². The van der Waals surface area contributed by atoms with Crippen LogP contribution in [0.25, 0.3) is 0 Å². The van der Waals surface area contributed by atoms with E-state index in [2.05, 4.69) is 9.97 Å². The standard InChI is InChI=1S/C13H12Cl2N2O/c1-8-3-11(4-9(2)12(8)15)18-13-16-6-10(5-14)7-17-13/h3-4,6-7H,5H2,1-2H3. The van der Waals surface area contributed by atoms with Crippen molar-refractivity contribution >= 4 is 23.2 Å². The molecule has 0 aliphatic carbocycles. The van der Waals surface area contributed by atoms with E-state index in [4.69, 9.17) is 27.9 Å². The second-order valence-electron chi connectivity index (χ2n) is 3.98. The number of benzene rings is 1. The van der Waals surface area contributed by atoms with Crippen molar-refractivity contribution in [3.05, 3.63) is 46.2 Å². The number of nitrogens with zero attached hydrogens (tertiary/aromatic N) is 2. The minimum Gasteiger partial charge on any atom is -0.424 e. The first kappa shape index (κ1) is 13.1. The van der Waals surface area contributed by atoms with Crippen molar-refractivity contribution in [2.45, 2.75) is 19.7 Å². The highest BCUT2D eigenvalue weighted by Gasteiger charge is 2.06. The van der Waals surface area contributed by atoms with Gasteiger partial charge in [0.05, 0.1) is 5.88 Å². The number of aryl methyl sites for hydroxylation is 2. The SMILES string of the molecule is Cc1cc(Oc2ncc(CCl)cn2)cc(C)c1Cl. The van der Waals surface area contributed by atoms with Gasteiger partial charge in [0.1, 0.15) is 5.75 Å². The Morgan fingerprint density at radius 3 is 2.17 bits per heavy atom. The van der Waals surface area contributed by atoms with Crippen molar-refractivity contribution in [1.82, 2.24) is 9.97 Å². The van der Waals surface area contributed by atoms with Crippen LogP contribution in [0.15, 0.2) is 24.5 Å². The molecular formula is C13H12Cl2N2O. The van der Waals surface area contributed by atoms with Crippen LogP contribution in [0, 0.1) is 13.8 Å². The molecule has 0 bridgehead atoms. The highest BCUT2D eigenvalue weighted by Crippen LogP contribution is 2.27. The van der Waals surface area contributed by atoms with E-state index < -0.39 is 0 Å². The van der Waals surface area contributed by atoms with Crippen LogP contribution in [-0.4, -0.2) is 9.97 Å². The average molecular weight is 283 g/mol. The maximum absolute atomic E-state index is 6.09. The van der Waals surface area contributed by atoms with Gasteiger partial charge >= 0.3 is 6.01 Å². The molecule has 0 aliphatic rings.